The zero-order chi connectivity index (χ0) is 13.4. The fraction of sp³-hybridized carbons (Fsp3) is 0. The predicted octanol–water partition coefficient (Wildman–Crippen LogP) is 3.98. The molecule has 94 valence electrons. The Hall–Kier alpha value is -1.21. The minimum atomic E-state index is -1.23. The summed E-state index contributed by atoms with van der Waals surface area (Å²) in [5, 5.41) is 8.99. The van der Waals surface area contributed by atoms with E-state index >= 15 is 0 Å². The average molecular weight is 381 g/mol. The molecule has 0 amide bonds. The summed E-state index contributed by atoms with van der Waals surface area (Å²) in [5.41, 5.74) is -0.332. The van der Waals surface area contributed by atoms with Gasteiger partial charge in [-0.1, -0.05) is 0 Å². The SMILES string of the molecule is O=C(O)c1cc(Br)cn1-c1cc(F)c(Br)cc1F. The second-order valence-corrected chi connectivity index (χ2v) is 5.21. The van der Waals surface area contributed by atoms with Crippen molar-refractivity contribution in [3.05, 3.63) is 50.7 Å². The van der Waals surface area contributed by atoms with E-state index in [1.54, 1.807) is 0 Å². The molecule has 1 N–H and O–H groups in total. The van der Waals surface area contributed by atoms with E-state index in [0.29, 0.717) is 4.47 Å². The monoisotopic (exact) mass is 379 g/mol. The van der Waals surface area contributed by atoms with Crippen molar-refractivity contribution in [2.45, 2.75) is 0 Å². The Morgan fingerprint density at radius 3 is 2.44 bits per heavy atom. The third-order valence-corrected chi connectivity index (χ3v) is 3.30. The molecule has 0 saturated carbocycles. The van der Waals surface area contributed by atoms with Crippen LogP contribution >= 0.6 is 31.9 Å². The molecule has 0 radical (unpaired) electrons. The van der Waals surface area contributed by atoms with Crippen LogP contribution in [0.15, 0.2) is 33.3 Å². The molecule has 0 aliphatic rings. The number of hydrogen-bond acceptors (Lipinski definition) is 1. The van der Waals surface area contributed by atoms with Crippen molar-refractivity contribution in [2.24, 2.45) is 0 Å². The van der Waals surface area contributed by atoms with Crippen molar-refractivity contribution in [3.8, 4) is 5.69 Å². The first-order valence-electron chi connectivity index (χ1n) is 4.66. The number of rotatable bonds is 2. The summed E-state index contributed by atoms with van der Waals surface area (Å²) in [6.45, 7) is 0. The maximum atomic E-state index is 13.7. The molecule has 0 bridgehead atoms. The first-order chi connectivity index (χ1) is 8.40. The van der Waals surface area contributed by atoms with Gasteiger partial charge in [-0.2, -0.15) is 0 Å². The van der Waals surface area contributed by atoms with Crippen molar-refractivity contribution in [1.82, 2.24) is 4.57 Å². The molecule has 0 saturated heterocycles. The first-order valence-corrected chi connectivity index (χ1v) is 6.25. The van der Waals surface area contributed by atoms with E-state index in [-0.39, 0.29) is 15.9 Å². The van der Waals surface area contributed by atoms with Crippen LogP contribution in [0, 0.1) is 11.6 Å². The van der Waals surface area contributed by atoms with E-state index in [9.17, 15) is 13.6 Å². The predicted molar refractivity (Wildman–Crippen MR) is 68.0 cm³/mol. The fourth-order valence-electron chi connectivity index (χ4n) is 1.49. The van der Waals surface area contributed by atoms with Gasteiger partial charge in [-0.25, -0.2) is 13.6 Å². The molecule has 0 atom stereocenters. The smallest absolute Gasteiger partial charge is 0.352 e. The average Bonchev–Trinajstić information content (AvgIpc) is 2.65. The standard InChI is InChI=1S/C11H5Br2F2NO2/c12-5-1-10(11(17)18)16(4-5)9-3-7(14)6(13)2-8(9)15/h1-4H,(H,17,18). The Morgan fingerprint density at radius 1 is 1.17 bits per heavy atom. The molecule has 7 heteroatoms. The third-order valence-electron chi connectivity index (χ3n) is 2.25. The Morgan fingerprint density at radius 2 is 1.83 bits per heavy atom. The topological polar surface area (TPSA) is 42.2 Å². The Labute approximate surface area is 117 Å². The lowest BCUT2D eigenvalue weighted by Gasteiger charge is -2.08. The molecule has 0 aliphatic carbocycles. The number of aromatic carboxylic acids is 1. The van der Waals surface area contributed by atoms with Crippen molar-refractivity contribution in [1.29, 1.82) is 0 Å². The van der Waals surface area contributed by atoms with Gasteiger partial charge in [0, 0.05) is 16.7 Å². The lowest BCUT2D eigenvalue weighted by molar-refractivity contribution is 0.0688. The van der Waals surface area contributed by atoms with Crippen LogP contribution in [-0.2, 0) is 0 Å². The number of halogens is 4. The van der Waals surface area contributed by atoms with Gasteiger partial charge < -0.3 is 9.67 Å². The maximum Gasteiger partial charge on any atom is 0.352 e. The minimum Gasteiger partial charge on any atom is -0.477 e. The summed E-state index contributed by atoms with van der Waals surface area (Å²) in [7, 11) is 0. The number of hydrogen-bond donors (Lipinski definition) is 1. The highest BCUT2D eigenvalue weighted by atomic mass is 79.9. The van der Waals surface area contributed by atoms with Crippen LogP contribution in [0.5, 0.6) is 0 Å². The Balaban J connectivity index is 2.69. The second kappa shape index (κ2) is 4.81. The van der Waals surface area contributed by atoms with E-state index < -0.39 is 17.6 Å². The largest absolute Gasteiger partial charge is 0.477 e. The van der Waals surface area contributed by atoms with E-state index in [1.165, 1.54) is 12.3 Å². The number of aromatic nitrogens is 1. The number of carboxylic acids is 1. The fourth-order valence-corrected chi connectivity index (χ4v) is 2.23. The highest BCUT2D eigenvalue weighted by Gasteiger charge is 2.17. The Kier molecular flexibility index (Phi) is 3.54. The summed E-state index contributed by atoms with van der Waals surface area (Å²) < 4.78 is 28.6. The number of nitrogens with zero attached hydrogens (tertiary/aromatic N) is 1. The van der Waals surface area contributed by atoms with Crippen LogP contribution in [-0.4, -0.2) is 15.6 Å². The van der Waals surface area contributed by atoms with E-state index in [1.807, 2.05) is 0 Å². The zero-order valence-electron chi connectivity index (χ0n) is 8.62. The van der Waals surface area contributed by atoms with Gasteiger partial charge in [-0.05, 0) is 44.0 Å². The van der Waals surface area contributed by atoms with Crippen molar-refractivity contribution >= 4 is 37.8 Å². The molecule has 1 aromatic carbocycles. The molecule has 2 aromatic rings. The van der Waals surface area contributed by atoms with Gasteiger partial charge in [0.15, 0.2) is 0 Å². The molecule has 3 nitrogen and oxygen atoms in total. The van der Waals surface area contributed by atoms with Crippen LogP contribution in [0.25, 0.3) is 5.69 Å². The molecule has 0 unspecified atom stereocenters. The molecule has 2 rings (SSSR count). The van der Waals surface area contributed by atoms with Gasteiger partial charge in [0.2, 0.25) is 0 Å². The number of carboxylic acid groups (broad SMARTS) is 1. The second-order valence-electron chi connectivity index (χ2n) is 3.44. The maximum absolute atomic E-state index is 13.7. The van der Waals surface area contributed by atoms with Crippen molar-refractivity contribution in [3.63, 3.8) is 0 Å². The highest BCUT2D eigenvalue weighted by molar-refractivity contribution is 9.10. The van der Waals surface area contributed by atoms with Gasteiger partial charge in [-0.15, -0.1) is 0 Å². The minimum absolute atomic E-state index is 0.0214. The summed E-state index contributed by atoms with van der Waals surface area (Å²) in [6.07, 6.45) is 1.36. The van der Waals surface area contributed by atoms with Crippen LogP contribution in [0.3, 0.4) is 0 Å². The molecule has 0 fully saturated rings. The first kappa shape index (κ1) is 13.2. The molecule has 18 heavy (non-hydrogen) atoms. The van der Waals surface area contributed by atoms with Crippen LogP contribution in [0.2, 0.25) is 0 Å². The number of benzene rings is 1. The molecule has 1 aromatic heterocycles. The molecule has 0 aliphatic heterocycles. The van der Waals surface area contributed by atoms with E-state index in [2.05, 4.69) is 31.9 Å². The van der Waals surface area contributed by atoms with E-state index in [4.69, 9.17) is 5.11 Å². The lowest BCUT2D eigenvalue weighted by atomic mass is 10.3. The summed E-state index contributed by atoms with van der Waals surface area (Å²) >= 11 is 5.95. The normalized spacial score (nSPS) is 10.7. The summed E-state index contributed by atoms with van der Waals surface area (Å²) in [5.74, 6) is -2.63. The van der Waals surface area contributed by atoms with Gasteiger partial charge in [-0.3, -0.25) is 0 Å². The summed E-state index contributed by atoms with van der Waals surface area (Å²) in [6, 6.07) is 3.18. The van der Waals surface area contributed by atoms with Gasteiger partial charge in [0.1, 0.15) is 17.3 Å². The summed E-state index contributed by atoms with van der Waals surface area (Å²) in [4.78, 5) is 11.0. The van der Waals surface area contributed by atoms with Crippen LogP contribution in [0.4, 0.5) is 8.78 Å². The molecular formula is C11H5Br2F2NO2. The molecular weight excluding hydrogens is 376 g/mol. The van der Waals surface area contributed by atoms with Crippen LogP contribution < -0.4 is 0 Å². The molecule has 0 spiro atoms. The lowest BCUT2D eigenvalue weighted by Crippen LogP contribution is -2.07. The van der Waals surface area contributed by atoms with Crippen molar-refractivity contribution < 1.29 is 18.7 Å². The third kappa shape index (κ3) is 2.32. The quantitative estimate of drug-likeness (QED) is 0.800. The van der Waals surface area contributed by atoms with Crippen molar-refractivity contribution in [2.75, 3.05) is 0 Å². The van der Waals surface area contributed by atoms with Gasteiger partial charge >= 0.3 is 5.97 Å². The molecule has 1 heterocycles. The Bertz CT molecular complexity index is 640. The number of carbonyl (C=O) groups is 1. The zero-order valence-corrected chi connectivity index (χ0v) is 11.8. The van der Waals surface area contributed by atoms with Gasteiger partial charge in [0.25, 0.3) is 0 Å². The van der Waals surface area contributed by atoms with Crippen LogP contribution in [0.1, 0.15) is 10.5 Å². The van der Waals surface area contributed by atoms with E-state index in [0.717, 1.165) is 16.7 Å². The highest BCUT2D eigenvalue weighted by Crippen LogP contribution is 2.26. The van der Waals surface area contributed by atoms with Gasteiger partial charge in [0.05, 0.1) is 10.2 Å².